The molecule has 0 aliphatic carbocycles. The number of esters is 1. The van der Waals surface area contributed by atoms with E-state index in [1.807, 2.05) is 19.9 Å². The zero-order valence-corrected chi connectivity index (χ0v) is 12.1. The monoisotopic (exact) mass is 262 g/mol. The molecule has 1 aromatic rings. The highest BCUT2D eigenvalue weighted by Crippen LogP contribution is 2.35. The Balaban J connectivity index is 2.40. The molecule has 0 aromatic heterocycles. The van der Waals surface area contributed by atoms with Gasteiger partial charge in [-0.1, -0.05) is 26.3 Å². The first-order valence-corrected chi connectivity index (χ1v) is 6.98. The Bertz CT molecular complexity index is 505. The first-order valence-electron chi connectivity index (χ1n) is 6.98. The van der Waals surface area contributed by atoms with E-state index in [9.17, 15) is 9.90 Å². The smallest absolute Gasteiger partial charge is 0.342 e. The minimum atomic E-state index is -0.376. The Hall–Kier alpha value is -1.51. The highest BCUT2D eigenvalue weighted by atomic mass is 16.5. The lowest BCUT2D eigenvalue weighted by Crippen LogP contribution is -2.33. The van der Waals surface area contributed by atoms with Crippen molar-refractivity contribution in [3.05, 3.63) is 28.3 Å². The fraction of sp³-hybridized carbons (Fsp3) is 0.562. The van der Waals surface area contributed by atoms with E-state index in [1.165, 1.54) is 0 Å². The van der Waals surface area contributed by atoms with Crippen LogP contribution in [0.4, 0.5) is 0 Å². The van der Waals surface area contributed by atoms with Gasteiger partial charge in [0, 0.05) is 6.42 Å². The summed E-state index contributed by atoms with van der Waals surface area (Å²) in [4.78, 5) is 12.1. The minimum absolute atomic E-state index is 0.0687. The van der Waals surface area contributed by atoms with E-state index < -0.39 is 0 Å². The van der Waals surface area contributed by atoms with Gasteiger partial charge in [0.2, 0.25) is 0 Å². The van der Waals surface area contributed by atoms with Crippen LogP contribution in [0.5, 0.6) is 5.75 Å². The van der Waals surface area contributed by atoms with Crippen LogP contribution in [0.2, 0.25) is 0 Å². The van der Waals surface area contributed by atoms with Crippen molar-refractivity contribution in [2.24, 2.45) is 5.92 Å². The van der Waals surface area contributed by atoms with Crippen molar-refractivity contribution in [1.82, 2.24) is 0 Å². The third-order valence-electron chi connectivity index (χ3n) is 4.07. The molecule has 1 heterocycles. The first-order chi connectivity index (χ1) is 8.95. The van der Waals surface area contributed by atoms with E-state index in [0.29, 0.717) is 17.9 Å². The number of fused-ring (bicyclic) bond motifs is 1. The summed E-state index contributed by atoms with van der Waals surface area (Å²) in [5, 5.41) is 10.1. The lowest BCUT2D eigenvalue weighted by molar-refractivity contribution is 0.00950. The highest BCUT2D eigenvalue weighted by molar-refractivity contribution is 5.96. The lowest BCUT2D eigenvalue weighted by atomic mass is 9.86. The van der Waals surface area contributed by atoms with E-state index in [-0.39, 0.29) is 17.8 Å². The average molecular weight is 262 g/mol. The van der Waals surface area contributed by atoms with E-state index >= 15 is 0 Å². The highest BCUT2D eigenvalue weighted by Gasteiger charge is 2.33. The van der Waals surface area contributed by atoms with Gasteiger partial charge in [-0.3, -0.25) is 0 Å². The molecule has 0 bridgehead atoms. The standard InChI is InChI=1S/C16H22O3/c1-5-6-9(2)13-8-12-10(3)7-11(4)15(17)14(12)16(18)19-13/h7,9,13,17H,5-6,8H2,1-4H3. The molecule has 0 saturated heterocycles. The molecule has 1 aromatic carbocycles. The van der Waals surface area contributed by atoms with Crippen molar-refractivity contribution in [2.75, 3.05) is 0 Å². The van der Waals surface area contributed by atoms with Gasteiger partial charge in [-0.25, -0.2) is 4.79 Å². The predicted octanol–water partition coefficient (Wildman–Crippen LogP) is 3.53. The Kier molecular flexibility index (Phi) is 3.83. The van der Waals surface area contributed by atoms with Gasteiger partial charge < -0.3 is 9.84 Å². The topological polar surface area (TPSA) is 46.5 Å². The third-order valence-corrected chi connectivity index (χ3v) is 4.07. The third kappa shape index (κ3) is 2.46. The van der Waals surface area contributed by atoms with Crippen molar-refractivity contribution in [3.63, 3.8) is 0 Å². The molecule has 2 atom stereocenters. The molecule has 19 heavy (non-hydrogen) atoms. The van der Waals surface area contributed by atoms with Crippen molar-refractivity contribution < 1.29 is 14.6 Å². The number of aryl methyl sites for hydroxylation is 2. The summed E-state index contributed by atoms with van der Waals surface area (Å²) in [6, 6.07) is 1.94. The second-order valence-corrected chi connectivity index (χ2v) is 5.63. The minimum Gasteiger partial charge on any atom is -0.507 e. The molecule has 0 spiro atoms. The number of ether oxygens (including phenoxy) is 1. The molecule has 3 nitrogen and oxygen atoms in total. The molecule has 2 rings (SSSR count). The van der Waals surface area contributed by atoms with E-state index in [2.05, 4.69) is 13.8 Å². The molecule has 3 heteroatoms. The molecule has 1 N–H and O–H groups in total. The molecule has 2 unspecified atom stereocenters. The number of hydrogen-bond acceptors (Lipinski definition) is 3. The maximum Gasteiger partial charge on any atom is 0.342 e. The zero-order chi connectivity index (χ0) is 14.2. The Morgan fingerprint density at radius 1 is 1.42 bits per heavy atom. The van der Waals surface area contributed by atoms with Crippen LogP contribution in [0.3, 0.4) is 0 Å². The number of rotatable bonds is 3. The van der Waals surface area contributed by atoms with Crippen LogP contribution >= 0.6 is 0 Å². The summed E-state index contributed by atoms with van der Waals surface area (Å²) in [5.41, 5.74) is 3.12. The molecule has 0 saturated carbocycles. The maximum absolute atomic E-state index is 12.1. The molecular weight excluding hydrogens is 240 g/mol. The second-order valence-electron chi connectivity index (χ2n) is 5.63. The molecule has 0 fully saturated rings. The normalized spacial score (nSPS) is 19.8. The summed E-state index contributed by atoms with van der Waals surface area (Å²) in [6.45, 7) is 8.05. The van der Waals surface area contributed by atoms with E-state index in [1.54, 1.807) is 0 Å². The number of phenolic OH excluding ortho intramolecular Hbond substituents is 1. The van der Waals surface area contributed by atoms with Crippen LogP contribution in [0.15, 0.2) is 6.07 Å². The molecule has 1 aliphatic rings. The van der Waals surface area contributed by atoms with Crippen LogP contribution < -0.4 is 0 Å². The Morgan fingerprint density at radius 3 is 2.74 bits per heavy atom. The summed E-state index contributed by atoms with van der Waals surface area (Å²) in [7, 11) is 0. The van der Waals surface area contributed by atoms with Gasteiger partial charge in [-0.2, -0.15) is 0 Å². The van der Waals surface area contributed by atoms with Gasteiger partial charge >= 0.3 is 5.97 Å². The Morgan fingerprint density at radius 2 is 2.11 bits per heavy atom. The van der Waals surface area contributed by atoms with Crippen molar-refractivity contribution >= 4 is 5.97 Å². The summed E-state index contributed by atoms with van der Waals surface area (Å²) >= 11 is 0. The van der Waals surface area contributed by atoms with Crippen molar-refractivity contribution in [1.29, 1.82) is 0 Å². The SMILES string of the molecule is CCCC(C)C1Cc2c(C)cc(C)c(O)c2C(=O)O1. The number of carbonyl (C=O) groups excluding carboxylic acids is 1. The van der Waals surface area contributed by atoms with Crippen molar-refractivity contribution in [3.8, 4) is 5.75 Å². The van der Waals surface area contributed by atoms with Crippen LogP contribution in [-0.2, 0) is 11.2 Å². The summed E-state index contributed by atoms with van der Waals surface area (Å²) < 4.78 is 5.52. The van der Waals surface area contributed by atoms with Gasteiger partial charge in [0.25, 0.3) is 0 Å². The number of cyclic esters (lactones) is 1. The lowest BCUT2D eigenvalue weighted by Gasteiger charge is -2.30. The number of aromatic hydroxyl groups is 1. The van der Waals surface area contributed by atoms with E-state index in [4.69, 9.17) is 4.74 Å². The number of hydrogen-bond donors (Lipinski definition) is 1. The zero-order valence-electron chi connectivity index (χ0n) is 12.1. The molecule has 104 valence electrons. The van der Waals surface area contributed by atoms with Crippen molar-refractivity contribution in [2.45, 2.75) is 53.1 Å². The van der Waals surface area contributed by atoms with Gasteiger partial charge in [-0.15, -0.1) is 0 Å². The number of benzene rings is 1. The quantitative estimate of drug-likeness (QED) is 0.848. The first kappa shape index (κ1) is 13.9. The summed E-state index contributed by atoms with van der Waals surface area (Å²) in [6.07, 6.45) is 2.77. The van der Waals surface area contributed by atoms with Gasteiger partial charge in [0.1, 0.15) is 17.4 Å². The molecular formula is C16H22O3. The van der Waals surface area contributed by atoms with Crippen LogP contribution in [-0.4, -0.2) is 17.2 Å². The van der Waals surface area contributed by atoms with Gasteiger partial charge in [0.05, 0.1) is 0 Å². The molecule has 0 radical (unpaired) electrons. The Labute approximate surface area is 114 Å². The van der Waals surface area contributed by atoms with Gasteiger partial charge in [-0.05, 0) is 42.9 Å². The van der Waals surface area contributed by atoms with Crippen LogP contribution in [0, 0.1) is 19.8 Å². The molecule has 0 amide bonds. The largest absolute Gasteiger partial charge is 0.507 e. The molecule has 1 aliphatic heterocycles. The fourth-order valence-electron chi connectivity index (χ4n) is 2.90. The maximum atomic E-state index is 12.1. The van der Waals surface area contributed by atoms with Crippen LogP contribution in [0.1, 0.15) is 53.7 Å². The number of phenols is 1. The summed E-state index contributed by atoms with van der Waals surface area (Å²) in [5.74, 6) is 0.0515. The fourth-order valence-corrected chi connectivity index (χ4v) is 2.90. The van der Waals surface area contributed by atoms with Crippen LogP contribution in [0.25, 0.3) is 0 Å². The average Bonchev–Trinajstić information content (AvgIpc) is 2.35. The predicted molar refractivity (Wildman–Crippen MR) is 74.6 cm³/mol. The number of carbonyl (C=O) groups is 1. The van der Waals surface area contributed by atoms with E-state index in [0.717, 1.165) is 29.5 Å². The van der Waals surface area contributed by atoms with Gasteiger partial charge in [0.15, 0.2) is 0 Å². The second kappa shape index (κ2) is 5.24.